The molecule has 3 saturated heterocycles. The van der Waals surface area contributed by atoms with Crippen LogP contribution in [-0.4, -0.2) is 105 Å². The van der Waals surface area contributed by atoms with Crippen molar-refractivity contribution >= 4 is 44.0 Å². The minimum absolute atomic E-state index is 0.0159. The number of fused-ring (bicyclic) bond motifs is 1. The number of rotatable bonds is 15. The molecule has 0 bridgehead atoms. The summed E-state index contributed by atoms with van der Waals surface area (Å²) in [5, 5.41) is 3.09. The molecule has 5 heterocycles. The lowest BCUT2D eigenvalue weighted by molar-refractivity contribution is -0.0628. The Morgan fingerprint density at radius 2 is 1.68 bits per heavy atom. The Balaban J connectivity index is 0.847. The number of carbonyl (C=O) groups excluding carboxylic acids is 1. The van der Waals surface area contributed by atoms with Gasteiger partial charge in [0.2, 0.25) is 0 Å². The summed E-state index contributed by atoms with van der Waals surface area (Å²) in [5.41, 5.74) is 9.19. The van der Waals surface area contributed by atoms with Gasteiger partial charge in [0.1, 0.15) is 40.2 Å². The zero-order chi connectivity index (χ0) is 51.1. The van der Waals surface area contributed by atoms with E-state index in [-0.39, 0.29) is 69.6 Å². The number of ether oxygens (including phenoxy) is 3. The van der Waals surface area contributed by atoms with Crippen molar-refractivity contribution in [3.8, 4) is 17.2 Å². The summed E-state index contributed by atoms with van der Waals surface area (Å²) in [7, 11) is -2.90. The van der Waals surface area contributed by atoms with E-state index in [1.165, 1.54) is 47.2 Å². The highest BCUT2D eigenvalue weighted by Crippen LogP contribution is 2.54. The van der Waals surface area contributed by atoms with E-state index in [9.17, 15) is 17.6 Å². The Bertz CT molecular complexity index is 3080. The second-order valence-electron chi connectivity index (χ2n) is 20.6. The third-order valence-electron chi connectivity index (χ3n) is 15.5. The number of piperazine rings is 1. The number of nitrogen functional groups attached to an aromatic ring is 1. The molecule has 73 heavy (non-hydrogen) atoms. The molecular weight excluding hydrogens is 958 g/mol. The molecule has 6 aromatic rings. The number of benzene rings is 4. The number of H-pyrrole nitrogens is 1. The summed E-state index contributed by atoms with van der Waals surface area (Å²) < 4.78 is 92.8. The predicted molar refractivity (Wildman–Crippen MR) is 276 cm³/mol. The minimum Gasteiger partial charge on any atom is -0.497 e. The number of piperidine rings is 1. The van der Waals surface area contributed by atoms with E-state index in [1.807, 2.05) is 21.8 Å². The van der Waals surface area contributed by atoms with Crippen LogP contribution in [0.25, 0.3) is 11.0 Å². The molecule has 1 aliphatic carbocycles. The van der Waals surface area contributed by atoms with Gasteiger partial charge in [-0.2, -0.15) is 0 Å². The standard InChI is InChI=1S/C55H63F3N8O6S/c1-35(2)41-6-4-5-7-42(41)50-33-64(32-36-8-10-38(70-3)11-9-36)20-21-66(50)37-28-54(29-37)14-18-65(19-15-54)49-27-51(72-39-24-43-46(57)31-61-52(43)60-30-39)44(26-45(49)56)53(67)63-73(68,69)40-12-13-48(47(59)25-40)62-34-55(58)16-22-71-23-17-55/h4-13,24-27,30-31,35,37,50,62H,14-23,28-29,32-34,59H2,1-3H3,(H,60,61)(H,63,67)/t50-/m0/s1. The number of aromatic amines is 1. The third-order valence-corrected chi connectivity index (χ3v) is 16.9. The Kier molecular flexibility index (Phi) is 14.1. The van der Waals surface area contributed by atoms with Crippen LogP contribution in [-0.2, 0) is 21.3 Å². The highest BCUT2D eigenvalue weighted by molar-refractivity contribution is 7.90. The Morgan fingerprint density at radius 3 is 2.41 bits per heavy atom. The SMILES string of the molecule is COc1ccc(CN2CCN(C3CC4(CCN(c5cc(Oc6cnc7[nH]cc(F)c7c6)c(C(=O)NS(=O)(=O)c6ccc(NCC7(F)CCOCC7)c(N)c6)cc5F)CC4)C3)[C@H](c3ccccc3C(C)C)C2)cc1. The van der Waals surface area contributed by atoms with Crippen LogP contribution in [0.4, 0.5) is 30.2 Å². The summed E-state index contributed by atoms with van der Waals surface area (Å²) >= 11 is 0. The topological polar surface area (TPSA) is 167 Å². The molecule has 2 aromatic heterocycles. The maximum Gasteiger partial charge on any atom is 0.268 e. The number of alkyl halides is 1. The normalized spacial score (nSPS) is 19.5. The van der Waals surface area contributed by atoms with Gasteiger partial charge in [-0.3, -0.25) is 14.6 Å². The number of pyridine rings is 1. The van der Waals surface area contributed by atoms with Gasteiger partial charge in [-0.25, -0.2) is 31.3 Å². The van der Waals surface area contributed by atoms with Gasteiger partial charge in [0, 0.05) is 96.2 Å². The maximum atomic E-state index is 16.5. The molecule has 1 amide bonds. The molecule has 3 aliphatic heterocycles. The fourth-order valence-electron chi connectivity index (χ4n) is 11.3. The van der Waals surface area contributed by atoms with Crippen molar-refractivity contribution in [2.24, 2.45) is 5.41 Å². The summed E-state index contributed by atoms with van der Waals surface area (Å²) in [4.78, 5) is 27.9. The summed E-state index contributed by atoms with van der Waals surface area (Å²) in [6.07, 6.45) is 6.64. The van der Waals surface area contributed by atoms with Crippen LogP contribution in [0.3, 0.4) is 0 Å². The summed E-state index contributed by atoms with van der Waals surface area (Å²) in [6.45, 7) is 9.84. The number of nitrogens with zero attached hydrogens (tertiary/aromatic N) is 4. The minimum atomic E-state index is -4.58. The van der Waals surface area contributed by atoms with Crippen molar-refractivity contribution in [1.29, 1.82) is 0 Å². The first-order valence-electron chi connectivity index (χ1n) is 25.1. The molecule has 14 nitrogen and oxygen atoms in total. The fourth-order valence-corrected chi connectivity index (χ4v) is 12.3. The van der Waals surface area contributed by atoms with E-state index < -0.39 is 38.8 Å². The first kappa shape index (κ1) is 50.2. The Hall–Kier alpha value is -6.34. The molecule has 1 spiro atoms. The van der Waals surface area contributed by atoms with Gasteiger partial charge in [0.05, 0.1) is 46.2 Å². The monoisotopic (exact) mass is 1020 g/mol. The number of aromatic nitrogens is 2. The molecule has 1 saturated carbocycles. The van der Waals surface area contributed by atoms with Crippen LogP contribution in [0.2, 0.25) is 0 Å². The van der Waals surface area contributed by atoms with Crippen LogP contribution in [0.1, 0.15) is 91.4 Å². The molecule has 0 unspecified atom stereocenters. The van der Waals surface area contributed by atoms with Crippen molar-refractivity contribution in [3.05, 3.63) is 131 Å². The van der Waals surface area contributed by atoms with Gasteiger partial charge < -0.3 is 35.1 Å². The lowest BCUT2D eigenvalue weighted by Gasteiger charge is -2.58. The van der Waals surface area contributed by atoms with Crippen molar-refractivity contribution < 1.29 is 40.6 Å². The molecule has 4 fully saturated rings. The summed E-state index contributed by atoms with van der Waals surface area (Å²) in [5.74, 6) is -1.37. The second-order valence-corrected chi connectivity index (χ2v) is 22.3. The van der Waals surface area contributed by atoms with E-state index in [0.717, 1.165) is 75.9 Å². The molecule has 10 rings (SSSR count). The van der Waals surface area contributed by atoms with Crippen LogP contribution >= 0.6 is 0 Å². The molecule has 4 aliphatic rings. The molecule has 18 heteroatoms. The van der Waals surface area contributed by atoms with Crippen molar-refractivity contribution in [1.82, 2.24) is 24.5 Å². The number of carbonyl (C=O) groups is 1. The number of sulfonamides is 1. The third kappa shape index (κ3) is 10.7. The largest absolute Gasteiger partial charge is 0.497 e. The number of nitrogens with two attached hydrogens (primary N) is 1. The molecule has 1 atom stereocenters. The van der Waals surface area contributed by atoms with E-state index >= 15 is 8.78 Å². The number of amides is 1. The van der Waals surface area contributed by atoms with Gasteiger partial charge >= 0.3 is 0 Å². The zero-order valence-corrected chi connectivity index (χ0v) is 42.3. The van der Waals surface area contributed by atoms with Gasteiger partial charge in [-0.05, 0) is 96.2 Å². The number of hydrogen-bond donors (Lipinski definition) is 4. The van der Waals surface area contributed by atoms with E-state index in [4.69, 9.17) is 19.9 Å². The van der Waals surface area contributed by atoms with Crippen LogP contribution in [0.5, 0.6) is 17.2 Å². The van der Waals surface area contributed by atoms with Crippen molar-refractivity contribution in [2.45, 2.75) is 87.5 Å². The molecular formula is C55H63F3N8O6S. The molecule has 386 valence electrons. The Morgan fingerprint density at radius 1 is 0.932 bits per heavy atom. The number of nitrogens with one attached hydrogen (secondary N) is 3. The highest BCUT2D eigenvalue weighted by Gasteiger charge is 2.50. The van der Waals surface area contributed by atoms with E-state index in [0.29, 0.717) is 44.0 Å². The number of halogens is 3. The number of anilines is 3. The first-order valence-corrected chi connectivity index (χ1v) is 26.6. The number of methoxy groups -OCH3 is 1. The molecule has 0 radical (unpaired) electrons. The number of hydrogen-bond acceptors (Lipinski definition) is 12. The smallest absolute Gasteiger partial charge is 0.268 e. The maximum absolute atomic E-state index is 16.5. The predicted octanol–water partition coefficient (Wildman–Crippen LogP) is 9.71. The van der Waals surface area contributed by atoms with Crippen molar-refractivity contribution in [2.75, 3.05) is 75.5 Å². The van der Waals surface area contributed by atoms with Gasteiger partial charge in [-0.1, -0.05) is 50.2 Å². The van der Waals surface area contributed by atoms with Gasteiger partial charge in [-0.15, -0.1) is 0 Å². The van der Waals surface area contributed by atoms with E-state index in [1.54, 1.807) is 7.11 Å². The average molecular weight is 1020 g/mol. The van der Waals surface area contributed by atoms with Crippen LogP contribution < -0.4 is 30.1 Å². The second kappa shape index (κ2) is 20.5. The van der Waals surface area contributed by atoms with E-state index in [2.05, 4.69) is 75.3 Å². The zero-order valence-electron chi connectivity index (χ0n) is 41.4. The molecule has 4 aromatic carbocycles. The Labute approximate surface area is 424 Å². The lowest BCUT2D eigenvalue weighted by Crippen LogP contribution is -2.60. The average Bonchev–Trinajstić information content (AvgIpc) is 3.75. The molecule has 5 N–H and O–H groups in total. The lowest BCUT2D eigenvalue weighted by atomic mass is 9.59. The van der Waals surface area contributed by atoms with Crippen LogP contribution in [0, 0.1) is 17.0 Å². The summed E-state index contributed by atoms with van der Waals surface area (Å²) in [6, 6.07) is 25.4. The van der Waals surface area contributed by atoms with Gasteiger partial charge in [0.25, 0.3) is 15.9 Å². The quantitative estimate of drug-likeness (QED) is 0.0721. The fraction of sp³-hybridized carbons (Fsp3) is 0.418. The van der Waals surface area contributed by atoms with Gasteiger partial charge in [0.15, 0.2) is 0 Å². The highest BCUT2D eigenvalue weighted by atomic mass is 32.2. The van der Waals surface area contributed by atoms with Crippen molar-refractivity contribution in [3.63, 3.8) is 0 Å². The van der Waals surface area contributed by atoms with Crippen LogP contribution in [0.15, 0.2) is 102 Å². The first-order chi connectivity index (χ1) is 35.1.